The average Bonchev–Trinajstić information content (AvgIpc) is 4.12. The van der Waals surface area contributed by atoms with Crippen LogP contribution in [0.2, 0.25) is 0 Å². The molecule has 0 saturated heterocycles. The van der Waals surface area contributed by atoms with E-state index in [2.05, 4.69) is 69.1 Å². The number of esters is 2. The SMILES string of the molecule is Cc1ccc(-c2c3nc(c(-c4cc(C(=O)N[C@@H](CC(C)C)C(=O)OCc5ccccc5)ccc4N)c4ccc([nH]4)c(-c4ccc(C)cc4)c4nc(c(-c5cc(C(=O)N[C@@H](CC(C)C)C(=O)OCc6ccccc6)ccc5N)c5ccc2[nH]5)C=C4)C=C3)cc1. The van der Waals surface area contributed by atoms with Crippen molar-refractivity contribution >= 4 is 81.5 Å². The fourth-order valence-electron chi connectivity index (χ4n) is 11.2. The summed E-state index contributed by atoms with van der Waals surface area (Å²) in [5.74, 6) is -1.85. The van der Waals surface area contributed by atoms with Gasteiger partial charge in [-0.25, -0.2) is 19.6 Å². The fraction of sp³-hybridized carbons (Fsp3) is 0.189. The molecule has 0 unspecified atom stereocenters. The highest BCUT2D eigenvalue weighted by atomic mass is 16.5. The number of carbonyl (C=O) groups is 4. The number of rotatable bonds is 18. The van der Waals surface area contributed by atoms with Crippen molar-refractivity contribution in [3.63, 3.8) is 0 Å². The summed E-state index contributed by atoms with van der Waals surface area (Å²) >= 11 is 0. The molecule has 14 heteroatoms. The fourth-order valence-corrected chi connectivity index (χ4v) is 11.2. The van der Waals surface area contributed by atoms with Crippen LogP contribution in [0, 0.1) is 25.7 Å². The van der Waals surface area contributed by atoms with E-state index in [1.54, 1.807) is 36.4 Å². The predicted molar refractivity (Wildman–Crippen MR) is 353 cm³/mol. The van der Waals surface area contributed by atoms with E-state index < -0.39 is 35.8 Å². The first-order valence-corrected chi connectivity index (χ1v) is 29.7. The highest BCUT2D eigenvalue weighted by Gasteiger charge is 2.28. The first kappa shape index (κ1) is 59.1. The Kier molecular flexibility index (Phi) is 17.4. The minimum Gasteiger partial charge on any atom is -0.459 e. The summed E-state index contributed by atoms with van der Waals surface area (Å²) in [5, 5.41) is 5.98. The maximum atomic E-state index is 14.5. The molecular weight excluding hydrogens is 1100 g/mol. The number of nitrogen functional groups attached to an aromatic ring is 2. The zero-order valence-corrected chi connectivity index (χ0v) is 50.1. The molecule has 0 saturated carbocycles. The van der Waals surface area contributed by atoms with E-state index in [4.69, 9.17) is 30.9 Å². The molecule has 0 spiro atoms. The predicted octanol–water partition coefficient (Wildman–Crippen LogP) is 14.9. The summed E-state index contributed by atoms with van der Waals surface area (Å²) in [6.45, 7) is 12.2. The standard InChI is InChI=1S/C74H70N8O6/c1-43(2)37-65(73(85)87-41-47-13-9-7-10-14-47)81-71(83)51-25-27-55(75)53(39-51)69-61-33-29-57(77-61)67(49-21-17-45(5)18-22-49)59-31-35-63(79-59)70(64-36-32-60(80-64)68(58-30-34-62(69)78-58)50-23-19-46(6)20-24-50)54-40-52(26-28-56(54)76)72(84)82-66(38-44(3)4)74(86)88-42-48-15-11-8-12-16-48/h7-36,39-40,43-44,65-66,77,80H,37-38,41-42,75-76H2,1-6H3,(H,81,83)(H,82,84)/t65-,66-/m0/s1. The van der Waals surface area contributed by atoms with Gasteiger partial charge >= 0.3 is 11.9 Å². The van der Waals surface area contributed by atoms with Gasteiger partial charge in [0.15, 0.2) is 0 Å². The minimum absolute atomic E-state index is 0.0668. The van der Waals surface area contributed by atoms with E-state index in [1.165, 1.54) is 0 Å². The third-order valence-corrected chi connectivity index (χ3v) is 15.6. The van der Waals surface area contributed by atoms with Crippen molar-refractivity contribution < 1.29 is 28.7 Å². The number of benzene rings is 6. The van der Waals surface area contributed by atoms with Gasteiger partial charge in [0.2, 0.25) is 0 Å². The molecule has 2 aliphatic heterocycles. The van der Waals surface area contributed by atoms with Crippen LogP contribution in [0.4, 0.5) is 11.4 Å². The van der Waals surface area contributed by atoms with Gasteiger partial charge in [-0.2, -0.15) is 0 Å². The van der Waals surface area contributed by atoms with Crippen LogP contribution in [-0.2, 0) is 32.3 Å². The lowest BCUT2D eigenvalue weighted by Crippen LogP contribution is -2.42. The number of carbonyl (C=O) groups excluding carboxylic acids is 4. The van der Waals surface area contributed by atoms with E-state index in [0.717, 1.165) is 55.5 Å². The van der Waals surface area contributed by atoms with Crippen molar-refractivity contribution in [2.75, 3.05) is 11.5 Å². The molecule has 11 rings (SSSR count). The number of nitrogens with two attached hydrogens (primary N) is 2. The molecule has 8 N–H and O–H groups in total. The second-order valence-electron chi connectivity index (χ2n) is 23.3. The lowest BCUT2D eigenvalue weighted by molar-refractivity contribution is -0.148. The molecule has 442 valence electrons. The molecule has 9 aromatic rings. The smallest absolute Gasteiger partial charge is 0.328 e. The molecule has 3 aromatic heterocycles. The number of aromatic nitrogens is 4. The number of H-pyrrole nitrogens is 2. The van der Waals surface area contributed by atoms with Crippen molar-refractivity contribution in [2.45, 2.75) is 79.7 Å². The van der Waals surface area contributed by atoms with E-state index in [1.807, 2.05) is 151 Å². The van der Waals surface area contributed by atoms with Gasteiger partial charge in [-0.3, -0.25) is 9.59 Å². The molecule has 0 radical (unpaired) electrons. The topological polar surface area (TPSA) is 220 Å². The van der Waals surface area contributed by atoms with Gasteiger partial charge in [0.1, 0.15) is 25.3 Å². The van der Waals surface area contributed by atoms with Crippen LogP contribution in [0.25, 0.3) is 90.9 Å². The Morgan fingerprint density at radius 2 is 0.784 bits per heavy atom. The Hall–Kier alpha value is -10.6. The second-order valence-corrected chi connectivity index (χ2v) is 23.3. The Bertz CT molecular complexity index is 4070. The normalized spacial score (nSPS) is 12.5. The van der Waals surface area contributed by atoms with Crippen molar-refractivity contribution in [3.05, 3.63) is 226 Å². The maximum Gasteiger partial charge on any atom is 0.328 e. The van der Waals surface area contributed by atoms with Gasteiger partial charge in [0, 0.05) is 77.9 Å². The van der Waals surface area contributed by atoms with E-state index >= 15 is 0 Å². The van der Waals surface area contributed by atoms with Crippen molar-refractivity contribution in [3.8, 4) is 44.5 Å². The highest BCUT2D eigenvalue weighted by molar-refractivity contribution is 6.05. The van der Waals surface area contributed by atoms with Gasteiger partial charge in [0.25, 0.3) is 11.8 Å². The van der Waals surface area contributed by atoms with Crippen LogP contribution in [0.15, 0.2) is 170 Å². The first-order valence-electron chi connectivity index (χ1n) is 29.7. The summed E-state index contributed by atoms with van der Waals surface area (Å²) in [6.07, 6.45) is 8.57. The molecule has 2 amide bonds. The number of fused-ring (bicyclic) bond motifs is 8. The molecule has 14 nitrogen and oxygen atoms in total. The molecule has 2 atom stereocenters. The maximum absolute atomic E-state index is 14.5. The molecule has 2 aliphatic rings. The Labute approximate surface area is 511 Å². The monoisotopic (exact) mass is 1170 g/mol. The van der Waals surface area contributed by atoms with Crippen LogP contribution in [0.3, 0.4) is 0 Å². The molecular formula is C74H70N8O6. The van der Waals surface area contributed by atoms with Gasteiger partial charge in [-0.05, 0) is 146 Å². The average molecular weight is 1170 g/mol. The molecule has 88 heavy (non-hydrogen) atoms. The summed E-state index contributed by atoms with van der Waals surface area (Å²) < 4.78 is 11.5. The number of hydrogen-bond acceptors (Lipinski definition) is 10. The van der Waals surface area contributed by atoms with Crippen LogP contribution in [-0.4, -0.2) is 55.8 Å². The molecule has 0 fully saturated rings. The summed E-state index contributed by atoms with van der Waals surface area (Å²) in [4.78, 5) is 74.8. The summed E-state index contributed by atoms with van der Waals surface area (Å²) in [6, 6.07) is 51.7. The van der Waals surface area contributed by atoms with E-state index in [9.17, 15) is 19.2 Å². The lowest BCUT2D eigenvalue weighted by Gasteiger charge is -2.20. The largest absolute Gasteiger partial charge is 0.459 e. The quantitative estimate of drug-likeness (QED) is 0.0352. The lowest BCUT2D eigenvalue weighted by atomic mass is 9.98. The number of aryl methyl sites for hydroxylation is 2. The van der Waals surface area contributed by atoms with Gasteiger partial charge in [-0.1, -0.05) is 148 Å². The summed E-state index contributed by atoms with van der Waals surface area (Å²) in [5.41, 5.74) is 30.1. The minimum atomic E-state index is -0.914. The first-order chi connectivity index (χ1) is 42.5. The van der Waals surface area contributed by atoms with Crippen LogP contribution < -0.4 is 22.1 Å². The molecule has 0 aliphatic carbocycles. The number of nitrogens with zero attached hydrogens (tertiary/aromatic N) is 2. The zero-order valence-electron chi connectivity index (χ0n) is 50.1. The van der Waals surface area contributed by atoms with E-state index in [-0.39, 0.29) is 36.2 Å². The Morgan fingerprint density at radius 3 is 1.14 bits per heavy atom. The molecule has 8 bridgehead atoms. The number of nitrogens with one attached hydrogen (secondary N) is 4. The molecule has 5 heterocycles. The van der Waals surface area contributed by atoms with E-state index in [0.29, 0.717) is 80.3 Å². The number of anilines is 2. The number of amides is 2. The van der Waals surface area contributed by atoms with Crippen molar-refractivity contribution in [2.24, 2.45) is 11.8 Å². The van der Waals surface area contributed by atoms with Crippen LogP contribution >= 0.6 is 0 Å². The van der Waals surface area contributed by atoms with Gasteiger partial charge < -0.3 is 41.5 Å². The number of aromatic amines is 2. The second kappa shape index (κ2) is 25.9. The van der Waals surface area contributed by atoms with Crippen LogP contribution in [0.5, 0.6) is 0 Å². The zero-order chi connectivity index (χ0) is 61.6. The molecule has 6 aromatic carbocycles. The highest BCUT2D eigenvalue weighted by Crippen LogP contribution is 2.41. The van der Waals surface area contributed by atoms with Gasteiger partial charge in [0.05, 0.1) is 22.8 Å². The Morgan fingerprint density at radius 1 is 0.443 bits per heavy atom. The number of ether oxygens (including phenoxy) is 2. The third-order valence-electron chi connectivity index (χ3n) is 15.6. The Balaban J connectivity index is 1.09. The number of hydrogen-bond donors (Lipinski definition) is 6. The third kappa shape index (κ3) is 13.3. The van der Waals surface area contributed by atoms with Gasteiger partial charge in [-0.15, -0.1) is 0 Å². The van der Waals surface area contributed by atoms with Crippen molar-refractivity contribution in [1.29, 1.82) is 0 Å². The van der Waals surface area contributed by atoms with Crippen molar-refractivity contribution in [1.82, 2.24) is 30.6 Å². The summed E-state index contributed by atoms with van der Waals surface area (Å²) in [7, 11) is 0. The van der Waals surface area contributed by atoms with Crippen LogP contribution in [0.1, 0.15) is 106 Å².